The van der Waals surface area contributed by atoms with Crippen LogP contribution in [0.15, 0.2) is 42.5 Å². The topological polar surface area (TPSA) is 38.0 Å². The van der Waals surface area contributed by atoms with Crippen LogP contribution < -0.4 is 11.1 Å². The fourth-order valence-corrected chi connectivity index (χ4v) is 2.37. The molecule has 1 unspecified atom stereocenters. The van der Waals surface area contributed by atoms with E-state index in [1.165, 1.54) is 29.2 Å². The monoisotopic (exact) mass is 226 g/mol. The first-order valence-corrected chi connectivity index (χ1v) is 6.32. The third-order valence-electron chi connectivity index (χ3n) is 3.45. The lowest BCUT2D eigenvalue weighted by atomic mass is 9.98. The molecule has 88 valence electrons. The normalized spacial score (nSPS) is 17.2. The van der Waals surface area contributed by atoms with E-state index in [0.717, 1.165) is 0 Å². The summed E-state index contributed by atoms with van der Waals surface area (Å²) in [6.45, 7) is 0.657. The van der Waals surface area contributed by atoms with E-state index in [-0.39, 0.29) is 6.04 Å². The summed E-state index contributed by atoms with van der Waals surface area (Å²) in [6.07, 6.45) is 2.59. The Morgan fingerprint density at radius 3 is 2.65 bits per heavy atom. The highest BCUT2D eigenvalue weighted by Crippen LogP contribution is 2.28. The lowest BCUT2D eigenvalue weighted by Crippen LogP contribution is -2.29. The van der Waals surface area contributed by atoms with Gasteiger partial charge >= 0.3 is 0 Å². The summed E-state index contributed by atoms with van der Waals surface area (Å²) < 4.78 is 0. The van der Waals surface area contributed by atoms with Crippen LogP contribution in [-0.2, 0) is 0 Å². The molecule has 0 radical (unpaired) electrons. The fourth-order valence-electron chi connectivity index (χ4n) is 2.37. The Hall–Kier alpha value is -1.38. The van der Waals surface area contributed by atoms with Crippen molar-refractivity contribution in [1.82, 2.24) is 5.32 Å². The van der Waals surface area contributed by atoms with Gasteiger partial charge in [0.15, 0.2) is 0 Å². The summed E-state index contributed by atoms with van der Waals surface area (Å²) >= 11 is 0. The zero-order valence-corrected chi connectivity index (χ0v) is 9.89. The minimum atomic E-state index is 0.286. The zero-order valence-electron chi connectivity index (χ0n) is 9.89. The Balaban J connectivity index is 2.01. The molecule has 2 aromatic rings. The predicted molar refractivity (Wildman–Crippen MR) is 71.9 cm³/mol. The quantitative estimate of drug-likeness (QED) is 0.841. The highest BCUT2D eigenvalue weighted by molar-refractivity contribution is 5.86. The van der Waals surface area contributed by atoms with Crippen molar-refractivity contribution < 1.29 is 0 Å². The van der Waals surface area contributed by atoms with Gasteiger partial charge in [-0.1, -0.05) is 42.5 Å². The number of rotatable bonds is 4. The molecule has 1 fully saturated rings. The zero-order chi connectivity index (χ0) is 11.7. The summed E-state index contributed by atoms with van der Waals surface area (Å²) in [6, 6.07) is 15.9. The van der Waals surface area contributed by atoms with Gasteiger partial charge in [-0.15, -0.1) is 0 Å². The van der Waals surface area contributed by atoms with Gasteiger partial charge in [0.1, 0.15) is 0 Å². The second-order valence-electron chi connectivity index (χ2n) is 4.80. The molecule has 0 amide bonds. The standard InChI is InChI=1S/C15H18N2/c16-10-15(17-12-8-9-12)14-7-3-5-11-4-1-2-6-13(11)14/h1-7,12,15,17H,8-10,16H2. The highest BCUT2D eigenvalue weighted by Gasteiger charge is 2.25. The first-order valence-electron chi connectivity index (χ1n) is 6.32. The van der Waals surface area contributed by atoms with Gasteiger partial charge in [-0.25, -0.2) is 0 Å². The maximum absolute atomic E-state index is 5.91. The molecule has 0 spiro atoms. The summed E-state index contributed by atoms with van der Waals surface area (Å²) in [5.74, 6) is 0. The molecule has 0 saturated heterocycles. The molecule has 2 heteroatoms. The lowest BCUT2D eigenvalue weighted by molar-refractivity contribution is 0.542. The van der Waals surface area contributed by atoms with Gasteiger partial charge in [-0.05, 0) is 29.2 Å². The Kier molecular flexibility index (Phi) is 2.83. The third-order valence-corrected chi connectivity index (χ3v) is 3.45. The molecule has 0 aromatic heterocycles. The maximum atomic E-state index is 5.91. The predicted octanol–water partition coefficient (Wildman–Crippen LogP) is 2.59. The van der Waals surface area contributed by atoms with Crippen LogP contribution in [0.1, 0.15) is 24.4 Å². The molecular formula is C15H18N2. The Bertz CT molecular complexity index is 512. The molecule has 1 aliphatic rings. The Morgan fingerprint density at radius 2 is 1.88 bits per heavy atom. The van der Waals surface area contributed by atoms with Crippen molar-refractivity contribution in [2.45, 2.75) is 24.9 Å². The van der Waals surface area contributed by atoms with Gasteiger partial charge in [0, 0.05) is 18.6 Å². The van der Waals surface area contributed by atoms with Crippen molar-refractivity contribution in [2.75, 3.05) is 6.54 Å². The number of benzene rings is 2. The second-order valence-corrected chi connectivity index (χ2v) is 4.80. The van der Waals surface area contributed by atoms with E-state index in [9.17, 15) is 0 Å². The van der Waals surface area contributed by atoms with Crippen LogP contribution in [-0.4, -0.2) is 12.6 Å². The van der Waals surface area contributed by atoms with Gasteiger partial charge < -0.3 is 11.1 Å². The summed E-state index contributed by atoms with van der Waals surface area (Å²) in [4.78, 5) is 0. The van der Waals surface area contributed by atoms with Crippen LogP contribution in [0.4, 0.5) is 0 Å². The Morgan fingerprint density at radius 1 is 1.12 bits per heavy atom. The Labute approximate surface area is 102 Å². The largest absolute Gasteiger partial charge is 0.329 e. The van der Waals surface area contributed by atoms with Crippen molar-refractivity contribution >= 4 is 10.8 Å². The third kappa shape index (κ3) is 2.19. The van der Waals surface area contributed by atoms with Crippen LogP contribution in [0, 0.1) is 0 Å². The van der Waals surface area contributed by atoms with Crippen LogP contribution in [0.25, 0.3) is 10.8 Å². The molecule has 1 aliphatic carbocycles. The molecule has 2 aromatic carbocycles. The van der Waals surface area contributed by atoms with Crippen molar-refractivity contribution in [3.8, 4) is 0 Å². The molecule has 2 nitrogen and oxygen atoms in total. The molecule has 1 saturated carbocycles. The number of hydrogen-bond acceptors (Lipinski definition) is 2. The second kappa shape index (κ2) is 4.47. The number of fused-ring (bicyclic) bond motifs is 1. The fraction of sp³-hybridized carbons (Fsp3) is 0.333. The van der Waals surface area contributed by atoms with E-state index in [0.29, 0.717) is 12.6 Å². The van der Waals surface area contributed by atoms with E-state index in [1.54, 1.807) is 0 Å². The van der Waals surface area contributed by atoms with E-state index < -0.39 is 0 Å². The van der Waals surface area contributed by atoms with E-state index in [4.69, 9.17) is 5.73 Å². The summed E-state index contributed by atoms with van der Waals surface area (Å²) in [7, 11) is 0. The molecular weight excluding hydrogens is 208 g/mol. The highest BCUT2D eigenvalue weighted by atomic mass is 15.0. The van der Waals surface area contributed by atoms with Crippen LogP contribution in [0.3, 0.4) is 0 Å². The van der Waals surface area contributed by atoms with Gasteiger partial charge in [-0.3, -0.25) is 0 Å². The van der Waals surface area contributed by atoms with Gasteiger partial charge in [0.2, 0.25) is 0 Å². The molecule has 0 bridgehead atoms. The smallest absolute Gasteiger partial charge is 0.0452 e. The summed E-state index contributed by atoms with van der Waals surface area (Å²) in [5, 5.41) is 6.23. The van der Waals surface area contributed by atoms with Crippen molar-refractivity contribution in [2.24, 2.45) is 5.73 Å². The maximum Gasteiger partial charge on any atom is 0.0452 e. The molecule has 3 N–H and O–H groups in total. The number of hydrogen-bond donors (Lipinski definition) is 2. The first kappa shape index (κ1) is 10.8. The van der Waals surface area contributed by atoms with Crippen molar-refractivity contribution in [1.29, 1.82) is 0 Å². The lowest BCUT2D eigenvalue weighted by Gasteiger charge is -2.19. The minimum absolute atomic E-state index is 0.286. The van der Waals surface area contributed by atoms with E-state index in [1.807, 2.05) is 0 Å². The molecule has 0 aliphatic heterocycles. The SMILES string of the molecule is NCC(NC1CC1)c1cccc2ccccc12. The van der Waals surface area contributed by atoms with E-state index >= 15 is 0 Å². The number of nitrogens with two attached hydrogens (primary N) is 1. The molecule has 1 atom stereocenters. The van der Waals surface area contributed by atoms with Gasteiger partial charge in [-0.2, -0.15) is 0 Å². The minimum Gasteiger partial charge on any atom is -0.329 e. The van der Waals surface area contributed by atoms with Crippen LogP contribution >= 0.6 is 0 Å². The van der Waals surface area contributed by atoms with Crippen LogP contribution in [0.5, 0.6) is 0 Å². The molecule has 3 rings (SSSR count). The van der Waals surface area contributed by atoms with Gasteiger partial charge in [0.25, 0.3) is 0 Å². The van der Waals surface area contributed by atoms with Crippen LogP contribution in [0.2, 0.25) is 0 Å². The first-order chi connectivity index (χ1) is 8.38. The molecule has 17 heavy (non-hydrogen) atoms. The van der Waals surface area contributed by atoms with E-state index in [2.05, 4.69) is 47.8 Å². The van der Waals surface area contributed by atoms with Gasteiger partial charge in [0.05, 0.1) is 0 Å². The number of nitrogens with one attached hydrogen (secondary N) is 1. The van der Waals surface area contributed by atoms with Crippen molar-refractivity contribution in [3.05, 3.63) is 48.0 Å². The van der Waals surface area contributed by atoms with Crippen molar-refractivity contribution in [3.63, 3.8) is 0 Å². The average molecular weight is 226 g/mol. The molecule has 0 heterocycles. The summed E-state index contributed by atoms with van der Waals surface area (Å²) in [5.41, 5.74) is 7.24. The average Bonchev–Trinajstić information content (AvgIpc) is 3.19.